The first kappa shape index (κ1) is 28.6. The van der Waals surface area contributed by atoms with Crippen LogP contribution in [0.2, 0.25) is 0 Å². The summed E-state index contributed by atoms with van der Waals surface area (Å²) in [5, 5.41) is 25.4. The number of thioether (sulfide) groups is 1. The van der Waals surface area contributed by atoms with Crippen LogP contribution in [-0.4, -0.2) is 82.6 Å². The first-order valence-electron chi connectivity index (χ1n) is 9.83. The minimum Gasteiger partial charge on any atom is -0.481 e. The standard InChI is InChI=1S/C18H33N5O7S/c1-10(20)15(26)21-11(6-8-31-2)16(27)23-13(9-14(24)25)17(28)22-12(18(29)30)5-3-4-7-19/h10-13H,3-9,19-20H2,1-2H3,(H,21,26)(H,22,28)(H,23,27)(H,24,25)(H,29,30)/t10-,11-,12-,13-/m0/s1. The molecule has 12 nitrogen and oxygen atoms in total. The Morgan fingerprint density at radius 3 is 1.90 bits per heavy atom. The molecule has 9 N–H and O–H groups in total. The third-order valence-electron chi connectivity index (χ3n) is 4.23. The molecule has 178 valence electrons. The van der Waals surface area contributed by atoms with Gasteiger partial charge in [-0.3, -0.25) is 19.2 Å². The average molecular weight is 464 g/mol. The van der Waals surface area contributed by atoms with E-state index in [1.165, 1.54) is 18.7 Å². The summed E-state index contributed by atoms with van der Waals surface area (Å²) in [6.07, 6.45) is 2.38. The van der Waals surface area contributed by atoms with E-state index in [2.05, 4.69) is 16.0 Å². The van der Waals surface area contributed by atoms with E-state index < -0.39 is 60.2 Å². The predicted molar refractivity (Wildman–Crippen MR) is 115 cm³/mol. The molecule has 0 aromatic heterocycles. The molecule has 0 radical (unpaired) electrons. The molecule has 0 fully saturated rings. The molecule has 0 saturated carbocycles. The first-order valence-corrected chi connectivity index (χ1v) is 11.2. The number of hydrogen-bond donors (Lipinski definition) is 7. The predicted octanol–water partition coefficient (Wildman–Crippen LogP) is -1.77. The molecule has 0 aliphatic rings. The number of carbonyl (C=O) groups excluding carboxylic acids is 3. The number of carboxylic acids is 2. The van der Waals surface area contributed by atoms with Crippen LogP contribution < -0.4 is 27.4 Å². The van der Waals surface area contributed by atoms with Crippen molar-refractivity contribution in [2.24, 2.45) is 11.5 Å². The van der Waals surface area contributed by atoms with Crippen LogP contribution in [0.4, 0.5) is 0 Å². The van der Waals surface area contributed by atoms with Gasteiger partial charge in [0.2, 0.25) is 17.7 Å². The molecule has 3 amide bonds. The number of carboxylic acid groups (broad SMARTS) is 2. The van der Waals surface area contributed by atoms with Crippen LogP contribution in [0.15, 0.2) is 0 Å². The number of hydrogen-bond acceptors (Lipinski definition) is 8. The highest BCUT2D eigenvalue weighted by atomic mass is 32.2. The maximum Gasteiger partial charge on any atom is 0.326 e. The molecule has 0 saturated heterocycles. The fourth-order valence-corrected chi connectivity index (χ4v) is 2.96. The van der Waals surface area contributed by atoms with E-state index in [1.54, 1.807) is 6.26 Å². The van der Waals surface area contributed by atoms with E-state index >= 15 is 0 Å². The minimum atomic E-state index is -1.52. The van der Waals surface area contributed by atoms with Crippen LogP contribution in [0.3, 0.4) is 0 Å². The zero-order chi connectivity index (χ0) is 24.0. The molecule has 0 bridgehead atoms. The Morgan fingerprint density at radius 1 is 0.871 bits per heavy atom. The number of unbranched alkanes of at least 4 members (excludes halogenated alkanes) is 1. The van der Waals surface area contributed by atoms with E-state index in [-0.39, 0.29) is 12.8 Å². The van der Waals surface area contributed by atoms with Gasteiger partial charge in [0.15, 0.2) is 0 Å². The van der Waals surface area contributed by atoms with Gasteiger partial charge in [-0.1, -0.05) is 0 Å². The molecule has 4 atom stereocenters. The minimum absolute atomic E-state index is 0.104. The van der Waals surface area contributed by atoms with Crippen molar-refractivity contribution in [2.75, 3.05) is 18.6 Å². The largest absolute Gasteiger partial charge is 0.481 e. The fraction of sp³-hybridized carbons (Fsp3) is 0.722. The topological polar surface area (TPSA) is 214 Å². The van der Waals surface area contributed by atoms with Crippen molar-refractivity contribution in [2.45, 2.75) is 63.2 Å². The molecule has 0 aromatic carbocycles. The van der Waals surface area contributed by atoms with E-state index in [4.69, 9.17) is 16.6 Å². The molecule has 0 spiro atoms. The second kappa shape index (κ2) is 15.4. The molecule has 13 heteroatoms. The van der Waals surface area contributed by atoms with Crippen LogP contribution >= 0.6 is 11.8 Å². The number of nitrogens with one attached hydrogen (secondary N) is 3. The second-order valence-corrected chi connectivity index (χ2v) is 7.96. The van der Waals surface area contributed by atoms with Crippen LogP contribution in [0, 0.1) is 0 Å². The highest BCUT2D eigenvalue weighted by molar-refractivity contribution is 7.98. The molecule has 0 aliphatic heterocycles. The SMILES string of the molecule is CSCC[C@H](NC(=O)[C@H](C)N)C(=O)N[C@@H](CC(=O)O)C(=O)N[C@@H](CCCCN)C(=O)O. The molecule has 31 heavy (non-hydrogen) atoms. The van der Waals surface area contributed by atoms with E-state index in [9.17, 15) is 29.1 Å². The van der Waals surface area contributed by atoms with Crippen molar-refractivity contribution in [1.29, 1.82) is 0 Å². The molecule has 0 rings (SSSR count). The van der Waals surface area contributed by atoms with Gasteiger partial charge in [0.1, 0.15) is 18.1 Å². The van der Waals surface area contributed by atoms with Gasteiger partial charge >= 0.3 is 11.9 Å². The lowest BCUT2D eigenvalue weighted by Gasteiger charge is -2.24. The quantitative estimate of drug-likeness (QED) is 0.128. The van der Waals surface area contributed by atoms with Gasteiger partial charge in [-0.15, -0.1) is 0 Å². The molecule has 0 unspecified atom stereocenters. The number of rotatable bonds is 16. The second-order valence-electron chi connectivity index (χ2n) is 6.97. The van der Waals surface area contributed by atoms with E-state index in [0.29, 0.717) is 25.1 Å². The summed E-state index contributed by atoms with van der Waals surface area (Å²) in [5.74, 6) is -4.43. The monoisotopic (exact) mass is 463 g/mol. The third-order valence-corrected chi connectivity index (χ3v) is 4.87. The lowest BCUT2D eigenvalue weighted by Crippen LogP contribution is -2.57. The Hall–Kier alpha value is -2.38. The normalized spacial score (nSPS) is 14.6. The summed E-state index contributed by atoms with van der Waals surface area (Å²) >= 11 is 1.43. The van der Waals surface area contributed by atoms with E-state index in [1.807, 2.05) is 0 Å². The van der Waals surface area contributed by atoms with Crippen molar-refractivity contribution >= 4 is 41.4 Å². The zero-order valence-electron chi connectivity index (χ0n) is 17.8. The summed E-state index contributed by atoms with van der Waals surface area (Å²) < 4.78 is 0. The van der Waals surface area contributed by atoms with E-state index in [0.717, 1.165) is 0 Å². The van der Waals surface area contributed by atoms with Gasteiger partial charge in [-0.25, -0.2) is 4.79 Å². The van der Waals surface area contributed by atoms with Crippen LogP contribution in [0.5, 0.6) is 0 Å². The van der Waals surface area contributed by atoms with Gasteiger partial charge in [0.25, 0.3) is 0 Å². The molecule has 0 aromatic rings. The molecular weight excluding hydrogens is 430 g/mol. The van der Waals surface area contributed by atoms with Gasteiger partial charge in [-0.2, -0.15) is 11.8 Å². The molecular formula is C18H33N5O7S. The lowest BCUT2D eigenvalue weighted by atomic mass is 10.1. The smallest absolute Gasteiger partial charge is 0.326 e. The van der Waals surface area contributed by atoms with Crippen molar-refractivity contribution in [3.05, 3.63) is 0 Å². The van der Waals surface area contributed by atoms with Crippen molar-refractivity contribution in [3.8, 4) is 0 Å². The first-order chi connectivity index (χ1) is 14.5. The fourth-order valence-electron chi connectivity index (χ4n) is 2.49. The Morgan fingerprint density at radius 2 is 1.42 bits per heavy atom. The number of nitrogens with two attached hydrogens (primary N) is 2. The summed E-state index contributed by atoms with van der Waals surface area (Å²) in [6.45, 7) is 1.80. The maximum absolute atomic E-state index is 12.7. The van der Waals surface area contributed by atoms with Gasteiger partial charge < -0.3 is 37.6 Å². The summed E-state index contributed by atoms with van der Waals surface area (Å²) in [6, 6.07) is -4.68. The van der Waals surface area contributed by atoms with Gasteiger partial charge in [0.05, 0.1) is 12.5 Å². The Balaban J connectivity index is 5.33. The third kappa shape index (κ3) is 12.2. The van der Waals surface area contributed by atoms with Crippen molar-refractivity contribution < 1.29 is 34.2 Å². The number of amides is 3. The van der Waals surface area contributed by atoms with Crippen LogP contribution in [0.25, 0.3) is 0 Å². The molecule has 0 aliphatic carbocycles. The van der Waals surface area contributed by atoms with Crippen LogP contribution in [0.1, 0.15) is 39.0 Å². The summed E-state index contributed by atoms with van der Waals surface area (Å²) in [7, 11) is 0. The Kier molecular flexibility index (Phi) is 14.2. The highest BCUT2D eigenvalue weighted by Crippen LogP contribution is 2.05. The number of carbonyl (C=O) groups is 5. The lowest BCUT2D eigenvalue weighted by molar-refractivity contribution is -0.143. The van der Waals surface area contributed by atoms with Crippen molar-refractivity contribution in [3.63, 3.8) is 0 Å². The summed E-state index contributed by atoms with van der Waals surface area (Å²) in [5.41, 5.74) is 10.9. The highest BCUT2D eigenvalue weighted by Gasteiger charge is 2.31. The van der Waals surface area contributed by atoms with Gasteiger partial charge in [-0.05, 0) is 51.2 Å². The zero-order valence-corrected chi connectivity index (χ0v) is 18.6. The number of aliphatic carboxylic acids is 2. The maximum atomic E-state index is 12.7. The van der Waals surface area contributed by atoms with Gasteiger partial charge in [0, 0.05) is 0 Å². The van der Waals surface area contributed by atoms with Crippen LogP contribution in [-0.2, 0) is 24.0 Å². The average Bonchev–Trinajstić information content (AvgIpc) is 2.68. The summed E-state index contributed by atoms with van der Waals surface area (Å²) in [4.78, 5) is 59.7. The van der Waals surface area contributed by atoms with Crippen molar-refractivity contribution in [1.82, 2.24) is 16.0 Å². The molecule has 0 heterocycles. The Labute approximate surface area is 185 Å². The Bertz CT molecular complexity index is 632.